The first-order valence-corrected chi connectivity index (χ1v) is 8.10. The molecule has 0 spiro atoms. The first kappa shape index (κ1) is 16.0. The molecule has 2 aromatic rings. The van der Waals surface area contributed by atoms with Gasteiger partial charge in [0.05, 0.1) is 29.0 Å². The Hall–Kier alpha value is -1.33. The number of aryl methyl sites for hydroxylation is 1. The zero-order valence-corrected chi connectivity index (χ0v) is 14.4. The number of aromatic nitrogens is 2. The summed E-state index contributed by atoms with van der Waals surface area (Å²) in [6.45, 7) is 5.78. The molecule has 1 heterocycles. The summed E-state index contributed by atoms with van der Waals surface area (Å²) < 4.78 is 8.54. The third kappa shape index (κ3) is 3.86. The summed E-state index contributed by atoms with van der Waals surface area (Å²) in [6.07, 6.45) is 2.92. The second-order valence-electron chi connectivity index (χ2n) is 4.89. The number of halogens is 1. The van der Waals surface area contributed by atoms with Crippen molar-refractivity contribution in [3.8, 4) is 5.75 Å². The summed E-state index contributed by atoms with van der Waals surface area (Å²) in [7, 11) is 1.97. The van der Waals surface area contributed by atoms with E-state index in [2.05, 4.69) is 45.4 Å². The summed E-state index contributed by atoms with van der Waals surface area (Å²) in [4.78, 5) is 0. The molecule has 1 unspecified atom stereocenters. The number of nitrogens with zero attached hydrogens (tertiary/aromatic N) is 2. The fraction of sp³-hybridized carbons (Fsp3) is 0.438. The third-order valence-corrected chi connectivity index (χ3v) is 3.92. The standard InChI is InChI=1S/C16H22BrN3O/c1-4-9-18-15(16-14(17)11-19-20(16)3)12-7-6-8-13(10-12)21-5-2/h6-8,10-11,15,18H,4-5,9H2,1-3H3. The molecule has 1 N–H and O–H groups in total. The fourth-order valence-electron chi connectivity index (χ4n) is 2.36. The largest absolute Gasteiger partial charge is 0.494 e. The number of nitrogens with one attached hydrogen (secondary N) is 1. The lowest BCUT2D eigenvalue weighted by Gasteiger charge is -2.21. The summed E-state index contributed by atoms with van der Waals surface area (Å²) in [5.41, 5.74) is 2.30. The van der Waals surface area contributed by atoms with Crippen LogP contribution in [0.5, 0.6) is 5.75 Å². The molecule has 0 bridgehead atoms. The lowest BCUT2D eigenvalue weighted by atomic mass is 10.0. The van der Waals surface area contributed by atoms with Crippen LogP contribution in [-0.2, 0) is 7.05 Å². The van der Waals surface area contributed by atoms with E-state index in [0.717, 1.165) is 28.9 Å². The molecular formula is C16H22BrN3O. The molecule has 114 valence electrons. The van der Waals surface area contributed by atoms with Crippen LogP contribution in [0.4, 0.5) is 0 Å². The van der Waals surface area contributed by atoms with Crippen molar-refractivity contribution in [2.45, 2.75) is 26.3 Å². The van der Waals surface area contributed by atoms with E-state index in [1.54, 1.807) is 0 Å². The van der Waals surface area contributed by atoms with E-state index in [4.69, 9.17) is 4.74 Å². The van der Waals surface area contributed by atoms with E-state index in [1.807, 2.05) is 37.0 Å². The Morgan fingerprint density at radius 3 is 2.81 bits per heavy atom. The lowest BCUT2D eigenvalue weighted by molar-refractivity contribution is 0.339. The highest BCUT2D eigenvalue weighted by Gasteiger charge is 2.20. The van der Waals surface area contributed by atoms with Gasteiger partial charge >= 0.3 is 0 Å². The van der Waals surface area contributed by atoms with Gasteiger partial charge in [-0.25, -0.2) is 0 Å². The highest BCUT2D eigenvalue weighted by Crippen LogP contribution is 2.30. The molecule has 0 aliphatic carbocycles. The molecule has 0 saturated heterocycles. The van der Waals surface area contributed by atoms with Crippen LogP contribution in [0, 0.1) is 0 Å². The topological polar surface area (TPSA) is 39.1 Å². The summed E-state index contributed by atoms with van der Waals surface area (Å²) in [5, 5.41) is 7.92. The van der Waals surface area contributed by atoms with Crippen LogP contribution in [-0.4, -0.2) is 22.9 Å². The Bertz CT molecular complexity index is 563. The van der Waals surface area contributed by atoms with Crippen molar-refractivity contribution in [2.24, 2.45) is 7.05 Å². The van der Waals surface area contributed by atoms with Crippen LogP contribution < -0.4 is 10.1 Å². The minimum absolute atomic E-state index is 0.0900. The maximum atomic E-state index is 5.62. The molecule has 4 nitrogen and oxygen atoms in total. The molecular weight excluding hydrogens is 330 g/mol. The smallest absolute Gasteiger partial charge is 0.119 e. The van der Waals surface area contributed by atoms with Crippen molar-refractivity contribution in [3.05, 3.63) is 46.2 Å². The second kappa shape index (κ2) is 7.61. The third-order valence-electron chi connectivity index (χ3n) is 3.31. The highest BCUT2D eigenvalue weighted by atomic mass is 79.9. The fourth-order valence-corrected chi connectivity index (χ4v) is 2.93. The van der Waals surface area contributed by atoms with Gasteiger partial charge in [0.2, 0.25) is 0 Å². The number of hydrogen-bond acceptors (Lipinski definition) is 3. The Labute approximate surface area is 134 Å². The van der Waals surface area contributed by atoms with Gasteiger partial charge in [-0.15, -0.1) is 0 Å². The molecule has 0 fully saturated rings. The Morgan fingerprint density at radius 1 is 1.38 bits per heavy atom. The van der Waals surface area contributed by atoms with Gasteiger partial charge < -0.3 is 10.1 Å². The molecule has 0 amide bonds. The first-order chi connectivity index (χ1) is 10.2. The van der Waals surface area contributed by atoms with E-state index in [-0.39, 0.29) is 6.04 Å². The van der Waals surface area contributed by atoms with E-state index >= 15 is 0 Å². The Kier molecular flexibility index (Phi) is 5.82. The summed E-state index contributed by atoms with van der Waals surface area (Å²) in [5.74, 6) is 0.900. The molecule has 0 aliphatic rings. The summed E-state index contributed by atoms with van der Waals surface area (Å²) in [6, 6.07) is 8.33. The van der Waals surface area contributed by atoms with E-state index < -0.39 is 0 Å². The average molecular weight is 352 g/mol. The van der Waals surface area contributed by atoms with Crippen molar-refractivity contribution in [2.75, 3.05) is 13.2 Å². The number of hydrogen-bond donors (Lipinski definition) is 1. The molecule has 5 heteroatoms. The maximum Gasteiger partial charge on any atom is 0.119 e. The first-order valence-electron chi connectivity index (χ1n) is 7.30. The van der Waals surface area contributed by atoms with E-state index in [9.17, 15) is 0 Å². The highest BCUT2D eigenvalue weighted by molar-refractivity contribution is 9.10. The predicted octanol–water partition coefficient (Wildman–Crippen LogP) is 3.67. The van der Waals surface area contributed by atoms with Crippen molar-refractivity contribution < 1.29 is 4.74 Å². The predicted molar refractivity (Wildman–Crippen MR) is 88.7 cm³/mol. The van der Waals surface area contributed by atoms with Gasteiger partial charge in [0, 0.05) is 7.05 Å². The molecule has 0 aliphatic heterocycles. The molecule has 21 heavy (non-hydrogen) atoms. The minimum atomic E-state index is 0.0900. The van der Waals surface area contributed by atoms with Crippen molar-refractivity contribution in [1.82, 2.24) is 15.1 Å². The average Bonchev–Trinajstić information content (AvgIpc) is 2.81. The normalized spacial score (nSPS) is 12.4. The van der Waals surface area contributed by atoms with Crippen molar-refractivity contribution in [1.29, 1.82) is 0 Å². The minimum Gasteiger partial charge on any atom is -0.494 e. The molecule has 1 aromatic heterocycles. The van der Waals surface area contributed by atoms with E-state index in [0.29, 0.717) is 6.61 Å². The van der Waals surface area contributed by atoms with Gasteiger partial charge in [0.25, 0.3) is 0 Å². The van der Waals surface area contributed by atoms with Crippen LogP contribution in [0.1, 0.15) is 37.6 Å². The van der Waals surface area contributed by atoms with Gasteiger partial charge in [0.15, 0.2) is 0 Å². The van der Waals surface area contributed by atoms with Gasteiger partial charge in [-0.3, -0.25) is 4.68 Å². The lowest BCUT2D eigenvalue weighted by Crippen LogP contribution is -2.25. The maximum absolute atomic E-state index is 5.62. The van der Waals surface area contributed by atoms with Gasteiger partial charge in [0.1, 0.15) is 5.75 Å². The van der Waals surface area contributed by atoms with Crippen molar-refractivity contribution in [3.63, 3.8) is 0 Å². The van der Waals surface area contributed by atoms with Gasteiger partial charge in [-0.1, -0.05) is 19.1 Å². The molecule has 1 atom stereocenters. The second-order valence-corrected chi connectivity index (χ2v) is 5.75. The van der Waals surface area contributed by atoms with Crippen molar-refractivity contribution >= 4 is 15.9 Å². The van der Waals surface area contributed by atoms with Gasteiger partial charge in [-0.05, 0) is 53.5 Å². The zero-order chi connectivity index (χ0) is 15.2. The summed E-state index contributed by atoms with van der Waals surface area (Å²) >= 11 is 3.60. The molecule has 2 rings (SSSR count). The monoisotopic (exact) mass is 351 g/mol. The number of benzene rings is 1. The van der Waals surface area contributed by atoms with Crippen LogP contribution >= 0.6 is 15.9 Å². The molecule has 1 aromatic carbocycles. The Balaban J connectivity index is 2.38. The van der Waals surface area contributed by atoms with Crippen LogP contribution in [0.25, 0.3) is 0 Å². The SMILES string of the molecule is CCCNC(c1cccc(OCC)c1)c1c(Br)cnn1C. The number of ether oxygens (including phenoxy) is 1. The molecule has 0 radical (unpaired) electrons. The van der Waals surface area contributed by atoms with Crippen LogP contribution in [0.15, 0.2) is 34.9 Å². The Morgan fingerprint density at radius 2 is 2.19 bits per heavy atom. The van der Waals surface area contributed by atoms with E-state index in [1.165, 1.54) is 5.56 Å². The quantitative estimate of drug-likeness (QED) is 0.826. The molecule has 0 saturated carbocycles. The van der Waals surface area contributed by atoms with Crippen LogP contribution in [0.3, 0.4) is 0 Å². The number of rotatable bonds is 7. The zero-order valence-electron chi connectivity index (χ0n) is 12.8. The van der Waals surface area contributed by atoms with Gasteiger partial charge in [-0.2, -0.15) is 5.10 Å². The van der Waals surface area contributed by atoms with Crippen LogP contribution in [0.2, 0.25) is 0 Å².